The SMILES string of the molecule is COc1cc(C)ccc1[C@H](C(C)C)[C@H](C)OC(=O)[C@H](C)CC(=O)c1nccc(OC)c1O. The van der Waals surface area contributed by atoms with Gasteiger partial charge in [-0.25, -0.2) is 4.98 Å². The van der Waals surface area contributed by atoms with E-state index < -0.39 is 23.8 Å². The van der Waals surface area contributed by atoms with Gasteiger partial charge in [-0.2, -0.15) is 0 Å². The molecule has 0 saturated carbocycles. The van der Waals surface area contributed by atoms with Crippen LogP contribution in [0, 0.1) is 18.8 Å². The first-order chi connectivity index (χ1) is 15.1. The molecule has 32 heavy (non-hydrogen) atoms. The Hall–Kier alpha value is -3.09. The number of ketones is 1. The van der Waals surface area contributed by atoms with Crippen molar-refractivity contribution >= 4 is 11.8 Å². The second-order valence-electron chi connectivity index (χ2n) is 8.40. The van der Waals surface area contributed by atoms with E-state index in [-0.39, 0.29) is 35.4 Å². The summed E-state index contributed by atoms with van der Waals surface area (Å²) in [6.45, 7) is 9.61. The number of hydrogen-bond donors (Lipinski definition) is 1. The summed E-state index contributed by atoms with van der Waals surface area (Å²) in [5.74, 6) is -0.964. The van der Waals surface area contributed by atoms with Gasteiger partial charge in [0.25, 0.3) is 0 Å². The average molecular weight is 444 g/mol. The lowest BCUT2D eigenvalue weighted by Crippen LogP contribution is -2.29. The summed E-state index contributed by atoms with van der Waals surface area (Å²) in [5.41, 5.74) is 1.93. The van der Waals surface area contributed by atoms with Crippen molar-refractivity contribution in [3.05, 3.63) is 47.3 Å². The van der Waals surface area contributed by atoms with E-state index in [9.17, 15) is 14.7 Å². The summed E-state index contributed by atoms with van der Waals surface area (Å²) >= 11 is 0. The fourth-order valence-electron chi connectivity index (χ4n) is 3.88. The van der Waals surface area contributed by atoms with Crippen molar-refractivity contribution in [1.82, 2.24) is 4.98 Å². The number of esters is 1. The Bertz CT molecular complexity index is 955. The van der Waals surface area contributed by atoms with E-state index in [1.54, 1.807) is 14.0 Å². The van der Waals surface area contributed by atoms with Crippen molar-refractivity contribution in [3.8, 4) is 17.2 Å². The molecule has 2 aromatic rings. The maximum atomic E-state index is 12.8. The molecule has 0 aliphatic heterocycles. The number of nitrogens with zero attached hydrogens (tertiary/aromatic N) is 1. The molecule has 0 aliphatic carbocycles. The molecule has 0 bridgehead atoms. The number of rotatable bonds is 10. The normalized spacial score (nSPS) is 13.9. The summed E-state index contributed by atoms with van der Waals surface area (Å²) in [5, 5.41) is 10.1. The van der Waals surface area contributed by atoms with Gasteiger partial charge in [-0.3, -0.25) is 9.59 Å². The third-order valence-electron chi connectivity index (χ3n) is 5.54. The van der Waals surface area contributed by atoms with Crippen LogP contribution in [0.15, 0.2) is 30.5 Å². The van der Waals surface area contributed by atoms with Gasteiger partial charge in [-0.05, 0) is 31.4 Å². The third-order valence-corrected chi connectivity index (χ3v) is 5.54. The lowest BCUT2D eigenvalue weighted by Gasteiger charge is -2.30. The Morgan fingerprint density at radius 2 is 1.69 bits per heavy atom. The second kappa shape index (κ2) is 11.0. The van der Waals surface area contributed by atoms with Crippen LogP contribution < -0.4 is 9.47 Å². The summed E-state index contributed by atoms with van der Waals surface area (Å²) in [6.07, 6.45) is 0.804. The quantitative estimate of drug-likeness (QED) is 0.420. The molecule has 1 N–H and O–H groups in total. The van der Waals surface area contributed by atoms with Gasteiger partial charge >= 0.3 is 5.97 Å². The Balaban J connectivity index is 2.13. The predicted molar refractivity (Wildman–Crippen MR) is 121 cm³/mol. The molecule has 3 atom stereocenters. The minimum Gasteiger partial charge on any atom is -0.503 e. The molecule has 7 nitrogen and oxygen atoms in total. The van der Waals surface area contributed by atoms with Crippen molar-refractivity contribution in [1.29, 1.82) is 0 Å². The minimum absolute atomic E-state index is 0.0819. The molecule has 0 radical (unpaired) electrons. The first-order valence-corrected chi connectivity index (χ1v) is 10.7. The highest BCUT2D eigenvalue weighted by atomic mass is 16.5. The first-order valence-electron chi connectivity index (χ1n) is 10.7. The van der Waals surface area contributed by atoms with E-state index in [0.29, 0.717) is 0 Å². The zero-order chi connectivity index (χ0) is 24.0. The van der Waals surface area contributed by atoms with Gasteiger partial charge in [-0.15, -0.1) is 0 Å². The van der Waals surface area contributed by atoms with Gasteiger partial charge < -0.3 is 19.3 Å². The number of hydrogen-bond acceptors (Lipinski definition) is 7. The number of pyridine rings is 1. The van der Waals surface area contributed by atoms with Crippen LogP contribution in [0.2, 0.25) is 0 Å². The van der Waals surface area contributed by atoms with E-state index in [4.69, 9.17) is 14.2 Å². The molecule has 1 aromatic heterocycles. The summed E-state index contributed by atoms with van der Waals surface area (Å²) in [6, 6.07) is 7.44. The number of carbonyl (C=O) groups excluding carboxylic acids is 2. The zero-order valence-electron chi connectivity index (χ0n) is 19.8. The fourth-order valence-corrected chi connectivity index (χ4v) is 3.88. The number of aromatic nitrogens is 1. The molecule has 174 valence electrons. The summed E-state index contributed by atoms with van der Waals surface area (Å²) in [7, 11) is 3.01. The smallest absolute Gasteiger partial charge is 0.309 e. The number of Topliss-reactive ketones (excluding diaryl/α,β-unsaturated/α-hetero) is 1. The van der Waals surface area contributed by atoms with Gasteiger partial charge in [0.15, 0.2) is 23.0 Å². The van der Waals surface area contributed by atoms with Crippen molar-refractivity contribution in [2.45, 2.75) is 53.1 Å². The van der Waals surface area contributed by atoms with Crippen LogP contribution in [0.5, 0.6) is 17.2 Å². The maximum Gasteiger partial charge on any atom is 0.309 e. The molecule has 0 saturated heterocycles. The predicted octanol–water partition coefficient (Wildman–Crippen LogP) is 4.69. The van der Waals surface area contributed by atoms with Crippen LogP contribution in [-0.2, 0) is 9.53 Å². The molecular weight excluding hydrogens is 410 g/mol. The molecule has 1 heterocycles. The van der Waals surface area contributed by atoms with Crippen LogP contribution in [0.1, 0.15) is 61.6 Å². The first kappa shape index (κ1) is 25.2. The Morgan fingerprint density at radius 3 is 2.28 bits per heavy atom. The molecule has 0 unspecified atom stereocenters. The van der Waals surface area contributed by atoms with Crippen molar-refractivity contribution in [3.63, 3.8) is 0 Å². The Labute approximate surface area is 189 Å². The average Bonchev–Trinajstić information content (AvgIpc) is 2.74. The Kier molecular flexibility index (Phi) is 8.63. The van der Waals surface area contributed by atoms with E-state index in [1.165, 1.54) is 19.4 Å². The Morgan fingerprint density at radius 1 is 1.03 bits per heavy atom. The number of benzene rings is 1. The number of methoxy groups -OCH3 is 2. The number of aromatic hydroxyl groups is 1. The van der Waals surface area contributed by atoms with Gasteiger partial charge in [-0.1, -0.05) is 32.9 Å². The van der Waals surface area contributed by atoms with Gasteiger partial charge in [0.2, 0.25) is 0 Å². The zero-order valence-corrected chi connectivity index (χ0v) is 19.8. The monoisotopic (exact) mass is 443 g/mol. The van der Waals surface area contributed by atoms with Crippen LogP contribution in [0.25, 0.3) is 0 Å². The summed E-state index contributed by atoms with van der Waals surface area (Å²) < 4.78 is 16.4. The van der Waals surface area contributed by atoms with E-state index in [2.05, 4.69) is 18.8 Å². The van der Waals surface area contributed by atoms with Gasteiger partial charge in [0.05, 0.1) is 20.1 Å². The molecule has 1 aromatic carbocycles. The molecule has 0 aliphatic rings. The van der Waals surface area contributed by atoms with E-state index in [1.807, 2.05) is 32.0 Å². The van der Waals surface area contributed by atoms with Crippen LogP contribution in [-0.4, -0.2) is 42.2 Å². The number of aryl methyl sites for hydroxylation is 1. The van der Waals surface area contributed by atoms with Crippen molar-refractivity contribution in [2.75, 3.05) is 14.2 Å². The van der Waals surface area contributed by atoms with Crippen molar-refractivity contribution in [2.24, 2.45) is 11.8 Å². The van der Waals surface area contributed by atoms with Gasteiger partial charge in [0, 0.05) is 30.2 Å². The van der Waals surface area contributed by atoms with E-state index in [0.717, 1.165) is 16.9 Å². The van der Waals surface area contributed by atoms with E-state index >= 15 is 0 Å². The summed E-state index contributed by atoms with van der Waals surface area (Å²) in [4.78, 5) is 29.3. The largest absolute Gasteiger partial charge is 0.503 e. The highest BCUT2D eigenvalue weighted by Crippen LogP contribution is 2.37. The minimum atomic E-state index is -0.704. The molecule has 7 heteroatoms. The third kappa shape index (κ3) is 5.78. The second-order valence-corrected chi connectivity index (χ2v) is 8.40. The maximum absolute atomic E-state index is 12.8. The van der Waals surface area contributed by atoms with Crippen molar-refractivity contribution < 1.29 is 28.9 Å². The number of carbonyl (C=O) groups is 2. The highest BCUT2D eigenvalue weighted by molar-refractivity contribution is 5.99. The molecular formula is C25H33NO6. The molecule has 2 rings (SSSR count). The molecule has 0 spiro atoms. The molecule has 0 amide bonds. The number of ether oxygens (including phenoxy) is 3. The highest BCUT2D eigenvalue weighted by Gasteiger charge is 2.31. The van der Waals surface area contributed by atoms with Crippen LogP contribution >= 0.6 is 0 Å². The lowest BCUT2D eigenvalue weighted by atomic mass is 9.83. The van der Waals surface area contributed by atoms with Crippen LogP contribution in [0.3, 0.4) is 0 Å². The van der Waals surface area contributed by atoms with Crippen LogP contribution in [0.4, 0.5) is 0 Å². The molecule has 0 fully saturated rings. The van der Waals surface area contributed by atoms with Gasteiger partial charge in [0.1, 0.15) is 11.9 Å². The fraction of sp³-hybridized carbons (Fsp3) is 0.480. The standard InChI is InChI=1S/C25H33NO6/c1-14(2)22(18-9-8-15(3)12-21(18)31-7)17(5)32-25(29)16(4)13-19(27)23-24(28)20(30-6)10-11-26-23/h8-12,14,16-17,22,28H,13H2,1-7H3/t16-,17+,22-/m1/s1. The topological polar surface area (TPSA) is 95.0 Å². The lowest BCUT2D eigenvalue weighted by molar-refractivity contribution is -0.154.